The number of nitrogens with two attached hydrogens (primary N) is 1. The molecule has 2 aromatic rings. The molecule has 0 saturated heterocycles. The first-order valence-corrected chi connectivity index (χ1v) is 6.16. The highest BCUT2D eigenvalue weighted by Crippen LogP contribution is 2.24. The molecule has 0 fully saturated rings. The number of hydrogen-bond acceptors (Lipinski definition) is 3. The molecule has 0 aliphatic rings. The van der Waals surface area contributed by atoms with Gasteiger partial charge in [0, 0.05) is 11.8 Å². The predicted octanol–water partition coefficient (Wildman–Crippen LogP) is 3.23. The molecule has 0 heterocycles. The van der Waals surface area contributed by atoms with E-state index in [1.165, 1.54) is 0 Å². The number of benzene rings is 2. The number of aryl methyl sites for hydroxylation is 1. The van der Waals surface area contributed by atoms with E-state index in [0.29, 0.717) is 17.1 Å². The molecule has 2 amide bonds. The molecule has 0 aliphatic carbocycles. The van der Waals surface area contributed by atoms with Gasteiger partial charge in [0.25, 0.3) is 0 Å². The maximum absolute atomic E-state index is 11.9. The topological polar surface area (TPSA) is 76.4 Å². The number of carbonyl (C=O) groups is 1. The van der Waals surface area contributed by atoms with Gasteiger partial charge in [0.1, 0.15) is 5.75 Å². The van der Waals surface area contributed by atoms with Crippen molar-refractivity contribution in [3.63, 3.8) is 0 Å². The summed E-state index contributed by atoms with van der Waals surface area (Å²) in [5.41, 5.74) is 8.60. The van der Waals surface area contributed by atoms with Crippen molar-refractivity contribution >= 4 is 23.1 Å². The number of amides is 2. The van der Waals surface area contributed by atoms with Gasteiger partial charge in [-0.2, -0.15) is 0 Å². The zero-order valence-corrected chi connectivity index (χ0v) is 11.4. The summed E-state index contributed by atoms with van der Waals surface area (Å²) >= 11 is 0. The standard InChI is InChI=1S/C15H17N3O2/c1-10-4-3-5-11(8-10)17-15(19)18-14-9-12(20-2)6-7-13(14)16/h3-9H,16H2,1-2H3,(H2,17,18,19). The van der Waals surface area contributed by atoms with Crippen LogP contribution in [0, 0.1) is 6.92 Å². The second kappa shape index (κ2) is 5.97. The largest absolute Gasteiger partial charge is 0.497 e. The van der Waals surface area contributed by atoms with Crippen LogP contribution in [0.3, 0.4) is 0 Å². The molecule has 4 N–H and O–H groups in total. The van der Waals surface area contributed by atoms with E-state index in [1.54, 1.807) is 25.3 Å². The van der Waals surface area contributed by atoms with Crippen molar-refractivity contribution in [2.45, 2.75) is 6.92 Å². The average molecular weight is 271 g/mol. The summed E-state index contributed by atoms with van der Waals surface area (Å²) in [7, 11) is 1.56. The minimum Gasteiger partial charge on any atom is -0.497 e. The number of hydrogen-bond donors (Lipinski definition) is 3. The van der Waals surface area contributed by atoms with E-state index in [1.807, 2.05) is 31.2 Å². The Morgan fingerprint density at radius 2 is 1.95 bits per heavy atom. The van der Waals surface area contributed by atoms with E-state index in [9.17, 15) is 4.79 Å². The molecule has 2 aromatic carbocycles. The highest BCUT2D eigenvalue weighted by Gasteiger charge is 2.07. The summed E-state index contributed by atoms with van der Waals surface area (Å²) in [6.45, 7) is 1.96. The van der Waals surface area contributed by atoms with Gasteiger partial charge in [-0.15, -0.1) is 0 Å². The van der Waals surface area contributed by atoms with Gasteiger partial charge in [-0.3, -0.25) is 0 Å². The summed E-state index contributed by atoms with van der Waals surface area (Å²) in [4.78, 5) is 11.9. The first-order chi connectivity index (χ1) is 9.58. The number of methoxy groups -OCH3 is 1. The van der Waals surface area contributed by atoms with Crippen LogP contribution in [0.2, 0.25) is 0 Å². The average Bonchev–Trinajstić information content (AvgIpc) is 2.41. The van der Waals surface area contributed by atoms with E-state index >= 15 is 0 Å². The van der Waals surface area contributed by atoms with E-state index in [0.717, 1.165) is 11.3 Å². The fourth-order valence-corrected chi connectivity index (χ4v) is 1.78. The molecule has 0 spiro atoms. The Labute approximate surface area is 117 Å². The number of urea groups is 1. The number of rotatable bonds is 3. The fourth-order valence-electron chi connectivity index (χ4n) is 1.78. The molecule has 0 atom stereocenters. The molecule has 0 saturated carbocycles. The third kappa shape index (κ3) is 3.41. The molecule has 5 heteroatoms. The zero-order chi connectivity index (χ0) is 14.5. The smallest absolute Gasteiger partial charge is 0.323 e. The van der Waals surface area contributed by atoms with Crippen LogP contribution < -0.4 is 21.1 Å². The monoisotopic (exact) mass is 271 g/mol. The minimum atomic E-state index is -0.351. The molecule has 2 rings (SSSR count). The van der Waals surface area contributed by atoms with Crippen molar-refractivity contribution in [2.75, 3.05) is 23.5 Å². The zero-order valence-electron chi connectivity index (χ0n) is 11.4. The summed E-state index contributed by atoms with van der Waals surface area (Å²) in [6.07, 6.45) is 0. The van der Waals surface area contributed by atoms with E-state index in [2.05, 4.69) is 10.6 Å². The highest BCUT2D eigenvalue weighted by molar-refractivity contribution is 6.01. The molecule has 104 valence electrons. The first-order valence-electron chi connectivity index (χ1n) is 6.16. The SMILES string of the molecule is COc1ccc(N)c(NC(=O)Nc2cccc(C)c2)c1. The lowest BCUT2D eigenvalue weighted by Gasteiger charge is -2.11. The van der Waals surface area contributed by atoms with Crippen molar-refractivity contribution in [2.24, 2.45) is 0 Å². The lowest BCUT2D eigenvalue weighted by atomic mass is 10.2. The van der Waals surface area contributed by atoms with Crippen molar-refractivity contribution in [1.82, 2.24) is 0 Å². The molecule has 5 nitrogen and oxygen atoms in total. The maximum Gasteiger partial charge on any atom is 0.323 e. The van der Waals surface area contributed by atoms with Crippen LogP contribution in [0.15, 0.2) is 42.5 Å². The van der Waals surface area contributed by atoms with Gasteiger partial charge in [-0.25, -0.2) is 4.79 Å². The Hall–Kier alpha value is -2.69. The maximum atomic E-state index is 11.9. The van der Waals surface area contributed by atoms with Crippen LogP contribution in [-0.4, -0.2) is 13.1 Å². The molecule has 0 unspecified atom stereocenters. The molecule has 0 bridgehead atoms. The first kappa shape index (κ1) is 13.7. The van der Waals surface area contributed by atoms with Crippen LogP contribution in [0.25, 0.3) is 0 Å². The molecule has 0 aliphatic heterocycles. The number of nitrogen functional groups attached to an aromatic ring is 1. The second-order valence-electron chi connectivity index (χ2n) is 4.40. The van der Waals surface area contributed by atoms with Crippen LogP contribution in [0.4, 0.5) is 21.9 Å². The van der Waals surface area contributed by atoms with Gasteiger partial charge in [-0.05, 0) is 36.8 Å². The van der Waals surface area contributed by atoms with Gasteiger partial charge < -0.3 is 21.1 Å². The lowest BCUT2D eigenvalue weighted by molar-refractivity contribution is 0.262. The molecule has 20 heavy (non-hydrogen) atoms. The molecular weight excluding hydrogens is 254 g/mol. The van der Waals surface area contributed by atoms with Crippen LogP contribution in [0.1, 0.15) is 5.56 Å². The summed E-state index contributed by atoms with van der Waals surface area (Å²) in [6, 6.07) is 12.3. The second-order valence-corrected chi connectivity index (χ2v) is 4.40. The van der Waals surface area contributed by atoms with Crippen molar-refractivity contribution in [1.29, 1.82) is 0 Å². The Morgan fingerprint density at radius 1 is 1.15 bits per heavy atom. The van der Waals surface area contributed by atoms with Gasteiger partial charge >= 0.3 is 6.03 Å². The fraction of sp³-hybridized carbons (Fsp3) is 0.133. The van der Waals surface area contributed by atoms with Crippen molar-refractivity contribution < 1.29 is 9.53 Å². The van der Waals surface area contributed by atoms with E-state index in [-0.39, 0.29) is 6.03 Å². The number of anilines is 3. The van der Waals surface area contributed by atoms with Gasteiger partial charge in [-0.1, -0.05) is 12.1 Å². The van der Waals surface area contributed by atoms with Crippen LogP contribution in [-0.2, 0) is 0 Å². The Bertz CT molecular complexity index is 626. The number of nitrogens with one attached hydrogen (secondary N) is 2. The van der Waals surface area contributed by atoms with Crippen LogP contribution >= 0.6 is 0 Å². The third-order valence-electron chi connectivity index (χ3n) is 2.78. The van der Waals surface area contributed by atoms with Gasteiger partial charge in [0.15, 0.2) is 0 Å². The van der Waals surface area contributed by atoms with Gasteiger partial charge in [0.2, 0.25) is 0 Å². The lowest BCUT2D eigenvalue weighted by Crippen LogP contribution is -2.20. The van der Waals surface area contributed by atoms with E-state index < -0.39 is 0 Å². The van der Waals surface area contributed by atoms with Gasteiger partial charge in [0.05, 0.1) is 18.5 Å². The number of ether oxygens (including phenoxy) is 1. The summed E-state index contributed by atoms with van der Waals surface area (Å²) < 4.78 is 5.10. The predicted molar refractivity (Wildman–Crippen MR) is 81.2 cm³/mol. The molecule has 0 aromatic heterocycles. The summed E-state index contributed by atoms with van der Waals surface area (Å²) in [5.74, 6) is 0.630. The third-order valence-corrected chi connectivity index (χ3v) is 2.78. The Morgan fingerprint density at radius 3 is 2.65 bits per heavy atom. The Balaban J connectivity index is 2.08. The Kier molecular flexibility index (Phi) is 4.10. The molecular formula is C15H17N3O2. The quantitative estimate of drug-likeness (QED) is 0.750. The van der Waals surface area contributed by atoms with E-state index in [4.69, 9.17) is 10.5 Å². The highest BCUT2D eigenvalue weighted by atomic mass is 16.5. The van der Waals surface area contributed by atoms with Crippen molar-refractivity contribution in [3.8, 4) is 5.75 Å². The summed E-state index contributed by atoms with van der Waals surface area (Å²) in [5, 5.41) is 5.45. The normalized spacial score (nSPS) is 9.90. The molecule has 0 radical (unpaired) electrons. The van der Waals surface area contributed by atoms with Crippen molar-refractivity contribution in [3.05, 3.63) is 48.0 Å². The minimum absolute atomic E-state index is 0.351. The van der Waals surface area contributed by atoms with Crippen LogP contribution in [0.5, 0.6) is 5.75 Å². The number of carbonyl (C=O) groups excluding carboxylic acids is 1.